The molecule has 1 aromatic carbocycles. The van der Waals surface area contributed by atoms with Gasteiger partial charge in [-0.05, 0) is 39.0 Å². The van der Waals surface area contributed by atoms with E-state index in [2.05, 4.69) is 19.6 Å². The molecule has 0 radical (unpaired) electrons. The number of hydrogen-bond acceptors (Lipinski definition) is 7. The van der Waals surface area contributed by atoms with Crippen LogP contribution >= 0.6 is 0 Å². The molecule has 1 aliphatic heterocycles. The number of piperazine rings is 1. The van der Waals surface area contributed by atoms with E-state index in [0.29, 0.717) is 43.3 Å². The highest BCUT2D eigenvalue weighted by atomic mass is 16.6. The second-order valence-electron chi connectivity index (χ2n) is 7.17. The minimum absolute atomic E-state index is 0.306. The van der Waals surface area contributed by atoms with Gasteiger partial charge < -0.3 is 20.3 Å². The summed E-state index contributed by atoms with van der Waals surface area (Å²) in [7, 11) is 0. The van der Waals surface area contributed by atoms with Crippen LogP contribution in [0.15, 0.2) is 27.5 Å². The Morgan fingerprint density at radius 1 is 1.27 bits per heavy atom. The van der Waals surface area contributed by atoms with Crippen LogP contribution in [0, 0.1) is 0 Å². The number of rotatable bonds is 2. The first kappa shape index (κ1) is 17.8. The number of nitrogens with one attached hydrogen (secondary N) is 1. The molecule has 0 atom stereocenters. The number of nitrogen functional groups attached to an aromatic ring is 1. The van der Waals surface area contributed by atoms with E-state index in [1.54, 1.807) is 17.0 Å². The molecule has 1 aliphatic rings. The quantitative estimate of drug-likeness (QED) is 0.781. The van der Waals surface area contributed by atoms with Crippen molar-refractivity contribution in [2.24, 2.45) is 0 Å². The molecule has 3 N–H and O–H groups in total. The van der Waals surface area contributed by atoms with Gasteiger partial charge in [-0.1, -0.05) is 5.16 Å². The van der Waals surface area contributed by atoms with Gasteiger partial charge in [0.15, 0.2) is 5.82 Å². The second kappa shape index (κ2) is 6.74. The summed E-state index contributed by atoms with van der Waals surface area (Å²) < 4.78 is 9.96. The van der Waals surface area contributed by atoms with Gasteiger partial charge in [0.25, 0.3) is 0 Å². The molecule has 9 nitrogen and oxygen atoms in total. The van der Waals surface area contributed by atoms with Crippen LogP contribution < -0.4 is 16.4 Å². The van der Waals surface area contributed by atoms with Crippen molar-refractivity contribution in [2.75, 3.05) is 36.8 Å². The molecule has 3 rings (SSSR count). The van der Waals surface area contributed by atoms with Crippen LogP contribution in [0.4, 0.5) is 16.2 Å². The third-order valence-electron chi connectivity index (χ3n) is 4.02. The van der Waals surface area contributed by atoms with E-state index < -0.39 is 11.4 Å². The highest BCUT2D eigenvalue weighted by Gasteiger charge is 2.26. The summed E-state index contributed by atoms with van der Waals surface area (Å²) in [5.41, 5.74) is 7.75. The first-order valence-electron chi connectivity index (χ1n) is 8.42. The zero-order valence-corrected chi connectivity index (χ0v) is 15.1. The number of amides is 1. The molecule has 26 heavy (non-hydrogen) atoms. The van der Waals surface area contributed by atoms with Crippen molar-refractivity contribution in [3.05, 3.63) is 28.7 Å². The Balaban J connectivity index is 1.71. The molecule has 1 saturated heterocycles. The Bertz CT molecular complexity index is 843. The van der Waals surface area contributed by atoms with Gasteiger partial charge in [-0.25, -0.2) is 9.59 Å². The van der Waals surface area contributed by atoms with Gasteiger partial charge in [-0.2, -0.15) is 0 Å². The predicted octanol–water partition coefficient (Wildman–Crippen LogP) is 1.67. The molecule has 0 aliphatic carbocycles. The number of benzene rings is 1. The lowest BCUT2D eigenvalue weighted by atomic mass is 10.1. The number of nitrogens with two attached hydrogens (primary N) is 1. The summed E-state index contributed by atoms with van der Waals surface area (Å²) >= 11 is 0. The summed E-state index contributed by atoms with van der Waals surface area (Å²) in [6.07, 6.45) is -0.306. The lowest BCUT2D eigenvalue weighted by molar-refractivity contribution is 0.0240. The first-order chi connectivity index (χ1) is 12.2. The smallest absolute Gasteiger partial charge is 0.439 e. The maximum atomic E-state index is 12.2. The second-order valence-corrected chi connectivity index (χ2v) is 7.17. The van der Waals surface area contributed by atoms with Crippen molar-refractivity contribution < 1.29 is 14.1 Å². The van der Waals surface area contributed by atoms with E-state index in [9.17, 15) is 9.59 Å². The van der Waals surface area contributed by atoms with Crippen LogP contribution in [0.3, 0.4) is 0 Å². The standard InChI is InChI=1S/C17H23N5O4/c1-17(2,3)25-16(24)22-8-6-21(7-9-22)13-10-11(4-5-12(13)18)14-19-15(23)26-20-14/h4-5,10H,6-9,18H2,1-3H3,(H,19,20,23). The van der Waals surface area contributed by atoms with Gasteiger partial charge in [-0.3, -0.25) is 9.51 Å². The van der Waals surface area contributed by atoms with Gasteiger partial charge in [0.2, 0.25) is 0 Å². The molecule has 2 aromatic rings. The number of carbonyl (C=O) groups is 1. The summed E-state index contributed by atoms with van der Waals surface area (Å²) in [5.74, 6) is -0.256. The number of aromatic nitrogens is 2. The van der Waals surface area contributed by atoms with Crippen molar-refractivity contribution in [1.82, 2.24) is 15.0 Å². The fourth-order valence-electron chi connectivity index (χ4n) is 2.78. The Hall–Kier alpha value is -2.97. The number of hydrogen-bond donors (Lipinski definition) is 2. The Labute approximate surface area is 150 Å². The maximum Gasteiger partial charge on any atom is 0.439 e. The van der Waals surface area contributed by atoms with Gasteiger partial charge in [-0.15, -0.1) is 0 Å². The minimum atomic E-state index is -0.607. The Morgan fingerprint density at radius 3 is 2.54 bits per heavy atom. The number of ether oxygens (including phenoxy) is 1. The van der Waals surface area contributed by atoms with Crippen LogP contribution in [0.5, 0.6) is 0 Å². The number of aromatic amines is 1. The van der Waals surface area contributed by atoms with Crippen LogP contribution in [-0.2, 0) is 4.74 Å². The molecule has 1 amide bonds. The number of anilines is 2. The van der Waals surface area contributed by atoms with Crippen molar-refractivity contribution in [2.45, 2.75) is 26.4 Å². The van der Waals surface area contributed by atoms with Crippen LogP contribution in [0.2, 0.25) is 0 Å². The number of carbonyl (C=O) groups excluding carboxylic acids is 1. The van der Waals surface area contributed by atoms with E-state index in [4.69, 9.17) is 10.5 Å². The topological polar surface area (TPSA) is 118 Å². The highest BCUT2D eigenvalue weighted by Crippen LogP contribution is 2.29. The fraction of sp³-hybridized carbons (Fsp3) is 0.471. The molecular formula is C17H23N5O4. The third kappa shape index (κ3) is 3.98. The Kier molecular flexibility index (Phi) is 4.62. The molecule has 0 saturated carbocycles. The lowest BCUT2D eigenvalue weighted by Crippen LogP contribution is -2.50. The van der Waals surface area contributed by atoms with E-state index in [0.717, 1.165) is 5.69 Å². The largest absolute Gasteiger partial charge is 0.444 e. The van der Waals surface area contributed by atoms with Crippen LogP contribution in [0.25, 0.3) is 11.4 Å². The number of nitrogens with zero attached hydrogens (tertiary/aromatic N) is 3. The zero-order chi connectivity index (χ0) is 18.9. The summed E-state index contributed by atoms with van der Waals surface area (Å²) in [6.45, 7) is 7.88. The van der Waals surface area contributed by atoms with Crippen LogP contribution in [-0.4, -0.2) is 52.9 Å². The molecule has 9 heteroatoms. The molecule has 1 fully saturated rings. The van der Waals surface area contributed by atoms with Crippen molar-refractivity contribution in [3.8, 4) is 11.4 Å². The van der Waals surface area contributed by atoms with Gasteiger partial charge >= 0.3 is 11.8 Å². The third-order valence-corrected chi connectivity index (χ3v) is 4.02. The molecule has 140 valence electrons. The van der Waals surface area contributed by atoms with E-state index in [1.165, 1.54) is 0 Å². The predicted molar refractivity (Wildman–Crippen MR) is 97.0 cm³/mol. The Morgan fingerprint density at radius 2 is 1.96 bits per heavy atom. The molecule has 0 spiro atoms. The van der Waals surface area contributed by atoms with Crippen molar-refractivity contribution in [1.29, 1.82) is 0 Å². The van der Waals surface area contributed by atoms with Gasteiger partial charge in [0.1, 0.15) is 5.60 Å². The molecule has 0 unspecified atom stereocenters. The number of H-pyrrole nitrogens is 1. The average Bonchev–Trinajstić information content (AvgIpc) is 3.00. The molecule has 0 bridgehead atoms. The van der Waals surface area contributed by atoms with E-state index >= 15 is 0 Å². The SMILES string of the molecule is CC(C)(C)OC(=O)N1CCN(c2cc(-c3noc(=O)[nH]3)ccc2N)CC1. The maximum absolute atomic E-state index is 12.2. The normalized spacial score (nSPS) is 15.2. The summed E-state index contributed by atoms with van der Waals surface area (Å²) in [4.78, 5) is 29.6. The molecular weight excluding hydrogens is 338 g/mol. The summed E-state index contributed by atoms with van der Waals surface area (Å²) in [6, 6.07) is 5.38. The zero-order valence-electron chi connectivity index (χ0n) is 15.1. The van der Waals surface area contributed by atoms with Gasteiger partial charge in [0, 0.05) is 31.7 Å². The minimum Gasteiger partial charge on any atom is -0.444 e. The van der Waals surface area contributed by atoms with Gasteiger partial charge in [0.05, 0.1) is 11.4 Å². The molecule has 1 aromatic heterocycles. The van der Waals surface area contributed by atoms with E-state index in [1.807, 2.05) is 26.8 Å². The van der Waals surface area contributed by atoms with Crippen molar-refractivity contribution >= 4 is 17.5 Å². The highest BCUT2D eigenvalue weighted by molar-refractivity contribution is 5.75. The van der Waals surface area contributed by atoms with Crippen molar-refractivity contribution in [3.63, 3.8) is 0 Å². The van der Waals surface area contributed by atoms with Crippen LogP contribution in [0.1, 0.15) is 20.8 Å². The van der Waals surface area contributed by atoms with E-state index in [-0.39, 0.29) is 6.09 Å². The average molecular weight is 361 g/mol. The fourth-order valence-corrected chi connectivity index (χ4v) is 2.78. The monoisotopic (exact) mass is 361 g/mol. The lowest BCUT2D eigenvalue weighted by Gasteiger charge is -2.37. The summed E-state index contributed by atoms with van der Waals surface area (Å²) in [5, 5.41) is 3.70. The first-order valence-corrected chi connectivity index (χ1v) is 8.42. The molecule has 2 heterocycles.